The van der Waals surface area contributed by atoms with Gasteiger partial charge in [-0.1, -0.05) is 49.4 Å². The van der Waals surface area contributed by atoms with E-state index in [-0.39, 0.29) is 11.9 Å². The summed E-state index contributed by atoms with van der Waals surface area (Å²) in [6.07, 6.45) is 1.05. The van der Waals surface area contributed by atoms with E-state index in [0.717, 1.165) is 31.7 Å². The molecule has 126 valence electrons. The maximum Gasteiger partial charge on any atom is 0.238 e. The first kappa shape index (κ1) is 16.7. The molecule has 1 aliphatic heterocycles. The molecule has 1 aliphatic rings. The average molecular weight is 323 g/mol. The van der Waals surface area contributed by atoms with E-state index >= 15 is 0 Å². The van der Waals surface area contributed by atoms with Gasteiger partial charge in [-0.05, 0) is 29.7 Å². The van der Waals surface area contributed by atoms with E-state index < -0.39 is 0 Å². The summed E-state index contributed by atoms with van der Waals surface area (Å²) < 4.78 is 0. The third kappa shape index (κ3) is 4.22. The predicted octanol–water partition coefficient (Wildman–Crippen LogP) is 2.83. The van der Waals surface area contributed by atoms with Gasteiger partial charge in [0.1, 0.15) is 0 Å². The zero-order chi connectivity index (χ0) is 16.8. The molecule has 4 nitrogen and oxygen atoms in total. The molecule has 0 spiro atoms. The van der Waals surface area contributed by atoms with Gasteiger partial charge < -0.3 is 10.6 Å². The van der Waals surface area contributed by atoms with Gasteiger partial charge in [0, 0.05) is 31.4 Å². The Labute approximate surface area is 143 Å². The number of benzene rings is 2. The summed E-state index contributed by atoms with van der Waals surface area (Å²) in [5.41, 5.74) is 3.46. The number of anilines is 1. The van der Waals surface area contributed by atoms with Gasteiger partial charge in [0.15, 0.2) is 0 Å². The molecular formula is C20H25N3O. The first-order valence-corrected chi connectivity index (χ1v) is 8.65. The minimum atomic E-state index is 0.0401. The molecule has 1 atom stereocenters. The highest BCUT2D eigenvalue weighted by molar-refractivity contribution is 5.92. The van der Waals surface area contributed by atoms with Crippen LogP contribution in [0.5, 0.6) is 0 Å². The van der Waals surface area contributed by atoms with Crippen LogP contribution in [-0.2, 0) is 11.2 Å². The number of aryl methyl sites for hydroxylation is 1. The van der Waals surface area contributed by atoms with Gasteiger partial charge in [-0.3, -0.25) is 9.69 Å². The van der Waals surface area contributed by atoms with Crippen LogP contribution in [0.25, 0.3) is 0 Å². The Morgan fingerprint density at radius 2 is 1.92 bits per heavy atom. The van der Waals surface area contributed by atoms with Gasteiger partial charge in [-0.15, -0.1) is 0 Å². The van der Waals surface area contributed by atoms with Crippen molar-refractivity contribution in [2.45, 2.75) is 19.4 Å². The van der Waals surface area contributed by atoms with E-state index in [4.69, 9.17) is 0 Å². The fraction of sp³-hybridized carbons (Fsp3) is 0.350. The Hall–Kier alpha value is -2.17. The molecule has 0 bridgehead atoms. The van der Waals surface area contributed by atoms with Crippen molar-refractivity contribution in [2.75, 3.05) is 31.5 Å². The van der Waals surface area contributed by atoms with E-state index in [1.165, 1.54) is 11.1 Å². The molecule has 1 saturated heterocycles. The largest absolute Gasteiger partial charge is 0.325 e. The highest BCUT2D eigenvalue weighted by Crippen LogP contribution is 2.22. The lowest BCUT2D eigenvalue weighted by atomic mass is 10.0. The molecule has 0 aromatic heterocycles. The van der Waals surface area contributed by atoms with Crippen LogP contribution in [0, 0.1) is 0 Å². The number of carbonyl (C=O) groups is 1. The number of rotatable bonds is 5. The molecule has 4 heteroatoms. The lowest BCUT2D eigenvalue weighted by Crippen LogP contribution is -2.48. The minimum absolute atomic E-state index is 0.0401. The Morgan fingerprint density at radius 1 is 1.17 bits per heavy atom. The highest BCUT2D eigenvalue weighted by Gasteiger charge is 2.25. The molecule has 2 aromatic carbocycles. The van der Waals surface area contributed by atoms with Gasteiger partial charge >= 0.3 is 0 Å². The molecule has 2 N–H and O–H groups in total. The Bertz CT molecular complexity index is 654. The number of amides is 1. The van der Waals surface area contributed by atoms with Crippen LogP contribution in [0.15, 0.2) is 54.6 Å². The van der Waals surface area contributed by atoms with E-state index in [2.05, 4.69) is 46.7 Å². The summed E-state index contributed by atoms with van der Waals surface area (Å²) in [4.78, 5) is 14.6. The molecule has 24 heavy (non-hydrogen) atoms. The number of carbonyl (C=O) groups excluding carboxylic acids is 1. The van der Waals surface area contributed by atoms with E-state index in [9.17, 15) is 4.79 Å². The maximum atomic E-state index is 12.4. The molecule has 2 aromatic rings. The van der Waals surface area contributed by atoms with Crippen molar-refractivity contribution < 1.29 is 4.79 Å². The van der Waals surface area contributed by atoms with Crippen molar-refractivity contribution in [2.24, 2.45) is 0 Å². The zero-order valence-electron chi connectivity index (χ0n) is 14.2. The lowest BCUT2D eigenvalue weighted by molar-refractivity contribution is -0.118. The van der Waals surface area contributed by atoms with E-state index in [1.807, 2.05) is 30.3 Å². The summed E-state index contributed by atoms with van der Waals surface area (Å²) in [6, 6.07) is 18.6. The Morgan fingerprint density at radius 3 is 2.62 bits per heavy atom. The normalized spacial score (nSPS) is 18.3. The highest BCUT2D eigenvalue weighted by atomic mass is 16.2. The molecule has 3 rings (SSSR count). The van der Waals surface area contributed by atoms with Gasteiger partial charge in [-0.25, -0.2) is 0 Å². The lowest BCUT2D eigenvalue weighted by Gasteiger charge is -2.36. The Balaban J connectivity index is 1.66. The third-order valence-electron chi connectivity index (χ3n) is 4.53. The summed E-state index contributed by atoms with van der Waals surface area (Å²) in [6.45, 7) is 5.25. The summed E-state index contributed by atoms with van der Waals surface area (Å²) in [7, 11) is 0. The molecule has 0 saturated carbocycles. The minimum Gasteiger partial charge on any atom is -0.325 e. The monoisotopic (exact) mass is 323 g/mol. The van der Waals surface area contributed by atoms with Crippen molar-refractivity contribution in [3.8, 4) is 0 Å². The molecule has 1 fully saturated rings. The number of hydrogen-bond acceptors (Lipinski definition) is 3. The number of nitrogens with one attached hydrogen (secondary N) is 2. The van der Waals surface area contributed by atoms with Crippen molar-refractivity contribution in [1.29, 1.82) is 0 Å². The van der Waals surface area contributed by atoms with Crippen molar-refractivity contribution in [3.05, 3.63) is 65.7 Å². The average Bonchev–Trinajstić information content (AvgIpc) is 2.63. The van der Waals surface area contributed by atoms with Crippen LogP contribution < -0.4 is 10.6 Å². The fourth-order valence-corrected chi connectivity index (χ4v) is 3.15. The second-order valence-electron chi connectivity index (χ2n) is 6.20. The number of para-hydroxylation sites is 1. The van der Waals surface area contributed by atoms with Crippen LogP contribution in [0.1, 0.15) is 24.1 Å². The predicted molar refractivity (Wildman–Crippen MR) is 98.1 cm³/mol. The third-order valence-corrected chi connectivity index (χ3v) is 4.53. The van der Waals surface area contributed by atoms with Crippen molar-refractivity contribution >= 4 is 11.6 Å². The first-order valence-electron chi connectivity index (χ1n) is 8.65. The fourth-order valence-electron chi connectivity index (χ4n) is 3.15. The number of nitrogens with zero attached hydrogens (tertiary/aromatic N) is 1. The second-order valence-corrected chi connectivity index (χ2v) is 6.20. The molecule has 1 heterocycles. The number of hydrogen-bond donors (Lipinski definition) is 2. The summed E-state index contributed by atoms with van der Waals surface area (Å²) in [5, 5.41) is 6.42. The molecule has 0 radical (unpaired) electrons. The van der Waals surface area contributed by atoms with Gasteiger partial charge in [0.2, 0.25) is 5.91 Å². The second kappa shape index (κ2) is 8.08. The van der Waals surface area contributed by atoms with Gasteiger partial charge in [-0.2, -0.15) is 0 Å². The van der Waals surface area contributed by atoms with Crippen molar-refractivity contribution in [3.63, 3.8) is 0 Å². The van der Waals surface area contributed by atoms with E-state index in [1.54, 1.807) is 0 Å². The van der Waals surface area contributed by atoms with Crippen LogP contribution in [-0.4, -0.2) is 37.0 Å². The summed E-state index contributed by atoms with van der Waals surface area (Å²) >= 11 is 0. The Kier molecular flexibility index (Phi) is 5.62. The smallest absolute Gasteiger partial charge is 0.238 e. The topological polar surface area (TPSA) is 44.4 Å². The van der Waals surface area contributed by atoms with Crippen LogP contribution >= 0.6 is 0 Å². The molecular weight excluding hydrogens is 298 g/mol. The zero-order valence-corrected chi connectivity index (χ0v) is 14.2. The van der Waals surface area contributed by atoms with E-state index in [0.29, 0.717) is 6.54 Å². The first-order chi connectivity index (χ1) is 11.8. The standard InChI is InChI=1S/C20H25N3O/c1-2-16-8-10-17(11-9-16)19-14-21-12-13-23(19)15-20(24)22-18-6-4-3-5-7-18/h3-11,19,21H,2,12-15H2,1H3,(H,22,24). The van der Waals surface area contributed by atoms with Gasteiger partial charge in [0.25, 0.3) is 0 Å². The van der Waals surface area contributed by atoms with Crippen LogP contribution in [0.3, 0.4) is 0 Å². The quantitative estimate of drug-likeness (QED) is 0.889. The molecule has 1 unspecified atom stereocenters. The van der Waals surface area contributed by atoms with Crippen LogP contribution in [0.4, 0.5) is 5.69 Å². The summed E-state index contributed by atoms with van der Waals surface area (Å²) in [5.74, 6) is 0.0401. The van der Waals surface area contributed by atoms with Crippen LogP contribution in [0.2, 0.25) is 0 Å². The number of piperazine rings is 1. The van der Waals surface area contributed by atoms with Gasteiger partial charge in [0.05, 0.1) is 6.54 Å². The molecule has 1 amide bonds. The molecule has 0 aliphatic carbocycles. The van der Waals surface area contributed by atoms with Crippen molar-refractivity contribution in [1.82, 2.24) is 10.2 Å². The SMILES string of the molecule is CCc1ccc(C2CNCCN2CC(=O)Nc2ccccc2)cc1. The maximum absolute atomic E-state index is 12.4.